The van der Waals surface area contributed by atoms with Crippen LogP contribution in [0.2, 0.25) is 0 Å². The Labute approximate surface area is 111 Å². The smallest absolute Gasteiger partial charge is 0.122 e. The van der Waals surface area contributed by atoms with Crippen LogP contribution in [0.25, 0.3) is 0 Å². The summed E-state index contributed by atoms with van der Waals surface area (Å²) in [6.07, 6.45) is -0.667. The van der Waals surface area contributed by atoms with Gasteiger partial charge in [0.15, 0.2) is 0 Å². The summed E-state index contributed by atoms with van der Waals surface area (Å²) in [6.45, 7) is 5.88. The van der Waals surface area contributed by atoms with E-state index in [9.17, 15) is 5.11 Å². The van der Waals surface area contributed by atoms with Gasteiger partial charge in [-0.1, -0.05) is 0 Å². The zero-order valence-corrected chi connectivity index (χ0v) is 11.8. The molecule has 96 valence electrons. The molecule has 4 heteroatoms. The van der Waals surface area contributed by atoms with Gasteiger partial charge in [0.2, 0.25) is 0 Å². The summed E-state index contributed by atoms with van der Waals surface area (Å²) in [5.41, 5.74) is 3.63. The summed E-state index contributed by atoms with van der Waals surface area (Å²) < 4.78 is 5.28. The highest BCUT2D eigenvalue weighted by Crippen LogP contribution is 2.30. The van der Waals surface area contributed by atoms with Gasteiger partial charge in [-0.15, -0.1) is 11.3 Å². The van der Waals surface area contributed by atoms with E-state index in [1.807, 2.05) is 38.3 Å². The Kier molecular flexibility index (Phi) is 3.68. The summed E-state index contributed by atoms with van der Waals surface area (Å²) >= 11 is 1.55. The molecule has 1 heterocycles. The van der Waals surface area contributed by atoms with Crippen molar-refractivity contribution in [2.45, 2.75) is 26.9 Å². The molecule has 2 rings (SSSR count). The molecule has 0 spiro atoms. The number of benzene rings is 1. The van der Waals surface area contributed by atoms with Gasteiger partial charge in [0, 0.05) is 5.38 Å². The molecule has 0 saturated heterocycles. The molecule has 1 unspecified atom stereocenters. The van der Waals surface area contributed by atoms with Crippen molar-refractivity contribution in [2.75, 3.05) is 7.11 Å². The largest absolute Gasteiger partial charge is 0.496 e. The molecule has 0 fully saturated rings. The Bertz CT molecular complexity index is 563. The Balaban J connectivity index is 2.42. The van der Waals surface area contributed by atoms with Crippen molar-refractivity contribution in [1.29, 1.82) is 0 Å². The lowest BCUT2D eigenvalue weighted by molar-refractivity contribution is 0.215. The molecule has 1 N–H and O–H groups in total. The maximum Gasteiger partial charge on any atom is 0.122 e. The number of rotatable bonds is 3. The molecule has 0 aliphatic rings. The lowest BCUT2D eigenvalue weighted by atomic mass is 9.98. The quantitative estimate of drug-likeness (QED) is 0.925. The number of thiazole rings is 1. The van der Waals surface area contributed by atoms with Gasteiger partial charge in [-0.05, 0) is 49.6 Å². The van der Waals surface area contributed by atoms with E-state index in [1.165, 1.54) is 0 Å². The first-order valence-corrected chi connectivity index (χ1v) is 6.66. The van der Waals surface area contributed by atoms with Crippen LogP contribution in [0.1, 0.15) is 33.5 Å². The van der Waals surface area contributed by atoms with E-state index >= 15 is 0 Å². The van der Waals surface area contributed by atoms with Crippen molar-refractivity contribution < 1.29 is 9.84 Å². The Morgan fingerprint density at radius 1 is 1.22 bits per heavy atom. The minimum absolute atomic E-state index is 0.667. The van der Waals surface area contributed by atoms with Gasteiger partial charge in [0.25, 0.3) is 0 Å². The highest BCUT2D eigenvalue weighted by atomic mass is 32.1. The van der Waals surface area contributed by atoms with E-state index in [4.69, 9.17) is 4.74 Å². The van der Waals surface area contributed by atoms with Crippen LogP contribution in [0, 0.1) is 20.8 Å². The number of methoxy groups -OCH3 is 1. The molecule has 0 bridgehead atoms. The number of hydrogen-bond acceptors (Lipinski definition) is 4. The molecule has 1 aromatic carbocycles. The fourth-order valence-corrected chi connectivity index (χ4v) is 2.62. The first-order valence-electron chi connectivity index (χ1n) is 5.78. The molecule has 0 aliphatic carbocycles. The normalized spacial score (nSPS) is 12.5. The van der Waals surface area contributed by atoms with Crippen molar-refractivity contribution in [2.24, 2.45) is 0 Å². The fourth-order valence-electron chi connectivity index (χ4n) is 1.99. The van der Waals surface area contributed by atoms with E-state index in [1.54, 1.807) is 18.4 Å². The second-order valence-electron chi connectivity index (χ2n) is 4.37. The van der Waals surface area contributed by atoms with Gasteiger partial charge < -0.3 is 9.84 Å². The lowest BCUT2D eigenvalue weighted by Crippen LogP contribution is -2.04. The first kappa shape index (κ1) is 13.1. The van der Waals surface area contributed by atoms with E-state index in [-0.39, 0.29) is 0 Å². The SMILES string of the molecule is COc1cc(C)c(C(O)c2csc(C)n2)cc1C. The number of hydrogen-bond donors (Lipinski definition) is 1. The summed E-state index contributed by atoms with van der Waals surface area (Å²) in [6, 6.07) is 3.92. The summed E-state index contributed by atoms with van der Waals surface area (Å²) in [5, 5.41) is 13.2. The number of ether oxygens (including phenoxy) is 1. The van der Waals surface area contributed by atoms with Gasteiger partial charge in [0.1, 0.15) is 11.9 Å². The Morgan fingerprint density at radius 3 is 2.50 bits per heavy atom. The second kappa shape index (κ2) is 5.08. The third-order valence-corrected chi connectivity index (χ3v) is 3.79. The number of aliphatic hydroxyl groups is 1. The third-order valence-electron chi connectivity index (χ3n) is 3.00. The monoisotopic (exact) mass is 263 g/mol. The predicted octanol–water partition coefficient (Wildman–Crippen LogP) is 3.16. The molecular weight excluding hydrogens is 246 g/mol. The zero-order chi connectivity index (χ0) is 13.3. The van der Waals surface area contributed by atoms with Crippen LogP contribution in [0.5, 0.6) is 5.75 Å². The molecule has 1 atom stereocenters. The van der Waals surface area contributed by atoms with Gasteiger partial charge >= 0.3 is 0 Å². The van der Waals surface area contributed by atoms with Crippen molar-refractivity contribution in [3.8, 4) is 5.75 Å². The van der Waals surface area contributed by atoms with Crippen LogP contribution in [-0.4, -0.2) is 17.2 Å². The molecule has 1 aromatic heterocycles. The van der Waals surface area contributed by atoms with Crippen LogP contribution in [0.4, 0.5) is 0 Å². The van der Waals surface area contributed by atoms with Gasteiger partial charge in [-0.3, -0.25) is 0 Å². The maximum absolute atomic E-state index is 10.4. The predicted molar refractivity (Wildman–Crippen MR) is 73.4 cm³/mol. The molecule has 2 aromatic rings. The highest BCUT2D eigenvalue weighted by Gasteiger charge is 2.17. The average Bonchev–Trinajstić information content (AvgIpc) is 2.77. The standard InChI is InChI=1S/C14H17NO2S/c1-8-6-13(17-4)9(2)5-11(8)14(16)12-7-18-10(3)15-12/h5-7,14,16H,1-4H3. The lowest BCUT2D eigenvalue weighted by Gasteiger charge is -2.15. The van der Waals surface area contributed by atoms with Crippen LogP contribution >= 0.6 is 11.3 Å². The Morgan fingerprint density at radius 2 is 1.94 bits per heavy atom. The second-order valence-corrected chi connectivity index (χ2v) is 5.43. The molecule has 3 nitrogen and oxygen atoms in total. The minimum Gasteiger partial charge on any atom is -0.496 e. The van der Waals surface area contributed by atoms with Crippen LogP contribution in [0.15, 0.2) is 17.5 Å². The first-order chi connectivity index (χ1) is 8.52. The average molecular weight is 263 g/mol. The summed E-state index contributed by atoms with van der Waals surface area (Å²) in [5.74, 6) is 0.845. The molecule has 0 saturated carbocycles. The van der Waals surface area contributed by atoms with Crippen LogP contribution in [-0.2, 0) is 0 Å². The van der Waals surface area contributed by atoms with E-state index in [2.05, 4.69) is 4.98 Å². The van der Waals surface area contributed by atoms with E-state index in [0.29, 0.717) is 5.69 Å². The third kappa shape index (κ3) is 2.40. The molecule has 0 aliphatic heterocycles. The maximum atomic E-state index is 10.4. The van der Waals surface area contributed by atoms with Crippen LogP contribution in [0.3, 0.4) is 0 Å². The zero-order valence-electron chi connectivity index (χ0n) is 11.0. The summed E-state index contributed by atoms with van der Waals surface area (Å²) in [4.78, 5) is 4.34. The Hall–Kier alpha value is -1.39. The van der Waals surface area contributed by atoms with E-state index < -0.39 is 6.10 Å². The molecule has 0 radical (unpaired) electrons. The molecule has 18 heavy (non-hydrogen) atoms. The number of nitrogens with zero attached hydrogens (tertiary/aromatic N) is 1. The van der Waals surface area contributed by atoms with Gasteiger partial charge in [-0.25, -0.2) is 4.98 Å². The van der Waals surface area contributed by atoms with Gasteiger partial charge in [0.05, 0.1) is 17.8 Å². The minimum atomic E-state index is -0.667. The van der Waals surface area contributed by atoms with Gasteiger partial charge in [-0.2, -0.15) is 0 Å². The summed E-state index contributed by atoms with van der Waals surface area (Å²) in [7, 11) is 1.65. The van der Waals surface area contributed by atoms with Crippen molar-refractivity contribution >= 4 is 11.3 Å². The van der Waals surface area contributed by atoms with E-state index in [0.717, 1.165) is 27.4 Å². The van der Waals surface area contributed by atoms with Crippen molar-refractivity contribution in [3.63, 3.8) is 0 Å². The number of aliphatic hydroxyl groups excluding tert-OH is 1. The number of aromatic nitrogens is 1. The van der Waals surface area contributed by atoms with Crippen molar-refractivity contribution in [3.05, 3.63) is 44.9 Å². The number of aryl methyl sites for hydroxylation is 3. The fraction of sp³-hybridized carbons (Fsp3) is 0.357. The molecular formula is C14H17NO2S. The topological polar surface area (TPSA) is 42.4 Å². The molecule has 0 amide bonds. The van der Waals surface area contributed by atoms with Crippen LogP contribution < -0.4 is 4.74 Å². The van der Waals surface area contributed by atoms with Crippen molar-refractivity contribution in [1.82, 2.24) is 4.98 Å². The highest BCUT2D eigenvalue weighted by molar-refractivity contribution is 7.09.